The Morgan fingerprint density at radius 2 is 0.818 bits per heavy atom. The zero-order valence-electron chi connectivity index (χ0n) is 6.51. The van der Waals surface area contributed by atoms with Crippen LogP contribution in [0.5, 0.6) is 0 Å². The van der Waals surface area contributed by atoms with Gasteiger partial charge in [-0.05, 0) is 0 Å². The van der Waals surface area contributed by atoms with Gasteiger partial charge >= 0.3 is 113 Å². The predicted molar refractivity (Wildman–Crippen MR) is 24.3 cm³/mol. The summed E-state index contributed by atoms with van der Waals surface area (Å²) in [7, 11) is -2.86. The Labute approximate surface area is 150 Å². The quantitative estimate of drug-likeness (QED) is 0.203. The third-order valence-electron chi connectivity index (χ3n) is 0. The first-order valence-electron chi connectivity index (χ1n) is 0.516. The van der Waals surface area contributed by atoms with Crippen molar-refractivity contribution in [1.82, 2.24) is 0 Å². The minimum atomic E-state index is -2.86. The Kier molecular flexibility index (Phi) is 279. The van der Waals surface area contributed by atoms with Crippen molar-refractivity contribution in [3.8, 4) is 0 Å². The summed E-state index contributed by atoms with van der Waals surface area (Å²) in [5, 5.41) is 0. The van der Waals surface area contributed by atoms with Crippen LogP contribution in [-0.2, 0) is 19.4 Å². The SMILES string of the molecule is O=[S-](=O)O.[Na+].[Na+].[Na+].[OH-].[OH-].[OH-].[SbH]. The van der Waals surface area contributed by atoms with Gasteiger partial charge in [0.1, 0.15) is 0 Å². The molecular weight excluding hydrogens is 319 g/mol. The molecule has 2 radical (unpaired) electrons. The minimum absolute atomic E-state index is 0. The van der Waals surface area contributed by atoms with E-state index in [1.54, 1.807) is 0 Å². The number of hydrogen-bond donors (Lipinski definition) is 1. The molecule has 4 N–H and O–H groups in total. The maximum atomic E-state index is 8.56. The first kappa shape index (κ1) is 61.9. The Hall–Kier alpha value is 3.61. The Morgan fingerprint density at radius 3 is 0.818 bits per heavy atom. The van der Waals surface area contributed by atoms with Crippen molar-refractivity contribution in [3.05, 3.63) is 0 Å². The van der Waals surface area contributed by atoms with E-state index < -0.39 is 11.0 Å². The molecule has 0 aliphatic rings. The zero-order chi connectivity index (χ0) is 3.58. The van der Waals surface area contributed by atoms with Gasteiger partial charge in [-0.2, -0.15) is 0 Å². The molecule has 0 amide bonds. The van der Waals surface area contributed by atoms with Crippen LogP contribution in [0.2, 0.25) is 0 Å². The molecule has 0 heterocycles. The van der Waals surface area contributed by atoms with Crippen molar-refractivity contribution in [2.75, 3.05) is 0 Å². The third kappa shape index (κ3) is 141. The number of rotatable bonds is 0. The maximum absolute atomic E-state index is 8.56. The molecule has 0 spiro atoms. The molecular formula is H5Na3O6SSb-. The second kappa shape index (κ2) is 49.5. The van der Waals surface area contributed by atoms with Crippen LogP contribution >= 0.6 is 0 Å². The molecule has 0 aromatic heterocycles. The van der Waals surface area contributed by atoms with E-state index in [1.807, 2.05) is 0 Å². The first-order chi connectivity index (χ1) is 1.73. The van der Waals surface area contributed by atoms with Gasteiger partial charge in [-0.1, -0.05) is 0 Å². The molecule has 11 heteroatoms. The normalized spacial score (nSPS) is 3.09. The average Bonchev–Trinajstić information content (AvgIpc) is 0.811. The van der Waals surface area contributed by atoms with Crippen molar-refractivity contribution in [2.24, 2.45) is 0 Å². The summed E-state index contributed by atoms with van der Waals surface area (Å²) >= 11 is 0. The monoisotopic (exact) mass is 323 g/mol. The van der Waals surface area contributed by atoms with E-state index in [0.29, 0.717) is 0 Å². The Morgan fingerprint density at radius 1 is 0.818 bits per heavy atom. The molecule has 0 unspecified atom stereocenters. The molecule has 0 saturated heterocycles. The summed E-state index contributed by atoms with van der Waals surface area (Å²) in [5.41, 5.74) is 0. The van der Waals surface area contributed by atoms with Crippen LogP contribution in [0, 0.1) is 0 Å². The molecule has 56 valence electrons. The molecule has 0 bridgehead atoms. The summed E-state index contributed by atoms with van der Waals surface area (Å²) in [5.74, 6) is 0. The van der Waals surface area contributed by atoms with E-state index in [9.17, 15) is 0 Å². The molecule has 0 aromatic rings. The van der Waals surface area contributed by atoms with E-state index in [0.717, 1.165) is 0 Å². The van der Waals surface area contributed by atoms with Crippen LogP contribution in [0.25, 0.3) is 0 Å². The summed E-state index contributed by atoms with van der Waals surface area (Å²) in [6.07, 6.45) is 0. The third-order valence-corrected chi connectivity index (χ3v) is 0. The van der Waals surface area contributed by atoms with Crippen molar-refractivity contribution in [2.45, 2.75) is 0 Å². The standard InChI is InChI=1S/3Na.HO3S.3H2O.Sb.H/c;;;1-4(2)3;;;;;/h;;;(H,1,2,3);3*1H2;;/q3*+1;-1;;;;;/p-3. The fourth-order valence-electron chi connectivity index (χ4n) is 0. The van der Waals surface area contributed by atoms with Crippen molar-refractivity contribution in [3.63, 3.8) is 0 Å². The van der Waals surface area contributed by atoms with E-state index in [1.165, 1.54) is 0 Å². The van der Waals surface area contributed by atoms with Gasteiger partial charge < -0.3 is 29.4 Å². The molecule has 0 aromatic carbocycles. The van der Waals surface area contributed by atoms with E-state index >= 15 is 0 Å². The van der Waals surface area contributed by atoms with Crippen molar-refractivity contribution < 1.29 is 118 Å². The molecule has 0 saturated carbocycles. The van der Waals surface area contributed by atoms with E-state index in [4.69, 9.17) is 13.0 Å². The van der Waals surface area contributed by atoms with E-state index in [2.05, 4.69) is 0 Å². The molecule has 0 fully saturated rings. The molecule has 0 aliphatic heterocycles. The van der Waals surface area contributed by atoms with Gasteiger partial charge in [0.2, 0.25) is 0 Å². The van der Waals surface area contributed by atoms with Gasteiger partial charge in [0.05, 0.1) is 0 Å². The fourth-order valence-corrected chi connectivity index (χ4v) is 0. The summed E-state index contributed by atoms with van der Waals surface area (Å²) in [6, 6.07) is 0. The van der Waals surface area contributed by atoms with Crippen molar-refractivity contribution in [1.29, 1.82) is 0 Å². The van der Waals surface area contributed by atoms with Crippen LogP contribution < -0.4 is 88.7 Å². The fraction of sp³-hybridized carbons (Fsp3) is 0. The van der Waals surface area contributed by atoms with Crippen LogP contribution in [0.1, 0.15) is 0 Å². The zero-order valence-corrected chi connectivity index (χ0v) is 16.2. The summed E-state index contributed by atoms with van der Waals surface area (Å²) in [6.45, 7) is 0. The molecule has 0 atom stereocenters. The molecule has 11 heavy (non-hydrogen) atoms. The first-order valence-corrected chi connectivity index (χ1v) is 1.55. The second-order valence-electron chi connectivity index (χ2n) is 0.217. The van der Waals surface area contributed by atoms with Crippen LogP contribution in [0.3, 0.4) is 0 Å². The molecule has 0 aliphatic carbocycles. The summed E-state index contributed by atoms with van der Waals surface area (Å²) in [4.78, 5) is 0. The Balaban J connectivity index is -0.00000000214. The summed E-state index contributed by atoms with van der Waals surface area (Å²) < 4.78 is 24.1. The van der Waals surface area contributed by atoms with Crippen LogP contribution in [0.15, 0.2) is 0 Å². The van der Waals surface area contributed by atoms with Gasteiger partial charge in [0.25, 0.3) is 0 Å². The van der Waals surface area contributed by atoms with Gasteiger partial charge in [-0.25, -0.2) is 0 Å². The Bertz CT molecular complexity index is 66.2. The van der Waals surface area contributed by atoms with Gasteiger partial charge in [0.15, 0.2) is 0 Å². The van der Waals surface area contributed by atoms with Gasteiger partial charge in [-0.15, -0.1) is 0 Å². The second-order valence-corrected chi connectivity index (χ2v) is 0.651. The topological polar surface area (TPSA) is 144 Å². The van der Waals surface area contributed by atoms with Gasteiger partial charge in [0, 0.05) is 11.0 Å². The number of hydrogen-bond acceptors (Lipinski definition) is 6. The van der Waals surface area contributed by atoms with E-state index in [-0.39, 0.29) is 130 Å². The van der Waals surface area contributed by atoms with Crippen LogP contribution in [0.4, 0.5) is 0 Å². The predicted octanol–water partition coefficient (Wildman–Crippen LogP) is -10.4. The van der Waals surface area contributed by atoms with Gasteiger partial charge in [-0.3, -0.25) is 0 Å². The molecule has 0 rings (SSSR count). The average molecular weight is 324 g/mol. The van der Waals surface area contributed by atoms with Crippen molar-refractivity contribution >= 4 is 35.4 Å². The molecule has 6 nitrogen and oxygen atoms in total. The van der Waals surface area contributed by atoms with Crippen LogP contribution in [-0.4, -0.2) is 45.4 Å².